The zero-order valence-corrected chi connectivity index (χ0v) is 16.7. The predicted molar refractivity (Wildman–Crippen MR) is 109 cm³/mol. The van der Waals surface area contributed by atoms with E-state index in [1.54, 1.807) is 0 Å². The first-order valence-electron chi connectivity index (χ1n) is 10.1. The molecule has 148 valence electrons. The topological polar surface area (TPSA) is 52.4 Å². The molecule has 0 spiro atoms. The number of rotatable bonds is 6. The van der Waals surface area contributed by atoms with E-state index in [0.29, 0.717) is 25.6 Å². The number of fused-ring (bicyclic) bond motifs is 4. The summed E-state index contributed by atoms with van der Waals surface area (Å²) in [4.78, 5) is 1.39. The van der Waals surface area contributed by atoms with Gasteiger partial charge in [0.15, 0.2) is 23.0 Å². The highest BCUT2D eigenvalue weighted by Crippen LogP contribution is 2.34. The maximum absolute atomic E-state index is 10.2. The van der Waals surface area contributed by atoms with Crippen molar-refractivity contribution in [3.05, 3.63) is 45.8 Å². The minimum absolute atomic E-state index is 0.198. The molecule has 2 atom stereocenters. The first-order chi connectivity index (χ1) is 13.6. The van der Waals surface area contributed by atoms with Crippen molar-refractivity contribution in [2.75, 3.05) is 26.4 Å². The second-order valence-electron chi connectivity index (χ2n) is 7.11. The minimum atomic E-state index is 0.198. The highest BCUT2D eigenvalue weighted by Gasteiger charge is 2.31. The highest BCUT2D eigenvalue weighted by molar-refractivity contribution is 5.54. The fraction of sp³-hybridized carbons (Fsp3) is 0.391. The van der Waals surface area contributed by atoms with Crippen LogP contribution < -0.4 is 29.5 Å². The molecular formula is C23H28NO4+. The SMILES string of the molecule is CCOc1cc2c(cc1O)CC[NH+]1C=c3cc(OCC)c(OCC)cc3=CC21. The molecule has 2 N–H and O–H groups in total. The first-order valence-corrected chi connectivity index (χ1v) is 10.1. The van der Waals surface area contributed by atoms with Gasteiger partial charge >= 0.3 is 0 Å². The molecule has 5 heteroatoms. The van der Waals surface area contributed by atoms with Crippen LogP contribution in [0.25, 0.3) is 12.3 Å². The molecule has 5 nitrogen and oxygen atoms in total. The third kappa shape index (κ3) is 3.31. The number of aromatic hydroxyl groups is 1. The Morgan fingerprint density at radius 1 is 0.893 bits per heavy atom. The Kier molecular flexibility index (Phi) is 5.18. The van der Waals surface area contributed by atoms with Crippen LogP contribution in [0.15, 0.2) is 24.3 Å². The molecule has 2 aromatic rings. The van der Waals surface area contributed by atoms with Crippen LogP contribution in [0.4, 0.5) is 0 Å². The minimum Gasteiger partial charge on any atom is -0.504 e. The molecule has 0 fully saturated rings. The van der Waals surface area contributed by atoms with Crippen molar-refractivity contribution >= 4 is 12.3 Å². The molecule has 0 saturated carbocycles. The Morgan fingerprint density at radius 3 is 2.21 bits per heavy atom. The van der Waals surface area contributed by atoms with Crippen molar-refractivity contribution in [1.29, 1.82) is 0 Å². The summed E-state index contributed by atoms with van der Waals surface area (Å²) in [5, 5.41) is 12.6. The van der Waals surface area contributed by atoms with E-state index in [2.05, 4.69) is 24.4 Å². The Labute approximate surface area is 165 Å². The van der Waals surface area contributed by atoms with Crippen molar-refractivity contribution < 1.29 is 24.2 Å². The van der Waals surface area contributed by atoms with Crippen LogP contribution in [0, 0.1) is 0 Å². The average molecular weight is 382 g/mol. The summed E-state index contributed by atoms with van der Waals surface area (Å²) in [6.45, 7) is 8.62. The van der Waals surface area contributed by atoms with E-state index in [4.69, 9.17) is 14.2 Å². The zero-order chi connectivity index (χ0) is 19.7. The number of hydrogen-bond donors (Lipinski definition) is 2. The average Bonchev–Trinajstić information content (AvgIpc) is 2.68. The zero-order valence-electron chi connectivity index (χ0n) is 16.7. The van der Waals surface area contributed by atoms with Crippen LogP contribution in [0.2, 0.25) is 0 Å². The van der Waals surface area contributed by atoms with Gasteiger partial charge in [0.2, 0.25) is 0 Å². The lowest BCUT2D eigenvalue weighted by Gasteiger charge is -2.32. The van der Waals surface area contributed by atoms with Gasteiger partial charge in [0, 0.05) is 17.2 Å². The lowest BCUT2D eigenvalue weighted by Crippen LogP contribution is -3.09. The smallest absolute Gasteiger partial charge is 0.161 e. The van der Waals surface area contributed by atoms with Gasteiger partial charge in [-0.3, -0.25) is 4.90 Å². The molecule has 2 aliphatic heterocycles. The van der Waals surface area contributed by atoms with Crippen molar-refractivity contribution in [2.45, 2.75) is 33.2 Å². The van der Waals surface area contributed by atoms with Gasteiger partial charge in [-0.05, 0) is 61.9 Å². The van der Waals surface area contributed by atoms with Gasteiger partial charge in [-0.2, -0.15) is 0 Å². The van der Waals surface area contributed by atoms with E-state index in [-0.39, 0.29) is 11.8 Å². The molecular weight excluding hydrogens is 354 g/mol. The summed E-state index contributed by atoms with van der Waals surface area (Å²) in [5.74, 6) is 2.37. The number of phenols is 1. The summed E-state index contributed by atoms with van der Waals surface area (Å²) in [7, 11) is 0. The summed E-state index contributed by atoms with van der Waals surface area (Å²) in [6, 6.07) is 8.23. The Balaban J connectivity index is 1.82. The van der Waals surface area contributed by atoms with Gasteiger partial charge in [0.05, 0.1) is 26.4 Å². The fourth-order valence-corrected chi connectivity index (χ4v) is 4.17. The lowest BCUT2D eigenvalue weighted by atomic mass is 9.90. The summed E-state index contributed by atoms with van der Waals surface area (Å²) in [5.41, 5.74) is 2.41. The van der Waals surface area contributed by atoms with Crippen molar-refractivity contribution in [2.24, 2.45) is 0 Å². The number of ether oxygens (including phenoxy) is 3. The number of hydrogen-bond acceptors (Lipinski definition) is 4. The van der Waals surface area contributed by atoms with Crippen LogP contribution >= 0.6 is 0 Å². The number of quaternary nitrogens is 1. The van der Waals surface area contributed by atoms with E-state index in [1.807, 2.05) is 32.9 Å². The van der Waals surface area contributed by atoms with Crippen molar-refractivity contribution in [3.8, 4) is 23.0 Å². The molecule has 2 aliphatic rings. The quantitative estimate of drug-likeness (QED) is 0.791. The van der Waals surface area contributed by atoms with E-state index in [9.17, 15) is 5.11 Å². The summed E-state index contributed by atoms with van der Waals surface area (Å²) >= 11 is 0. The molecule has 0 saturated heterocycles. The molecule has 0 amide bonds. The molecule has 4 rings (SSSR count). The number of benzene rings is 2. The van der Waals surface area contributed by atoms with Gasteiger partial charge in [-0.1, -0.05) is 0 Å². The fourth-order valence-electron chi connectivity index (χ4n) is 4.17. The summed E-state index contributed by atoms with van der Waals surface area (Å²) in [6.07, 6.45) is 5.51. The molecule has 0 bridgehead atoms. The van der Waals surface area contributed by atoms with Crippen LogP contribution in [0.5, 0.6) is 23.0 Å². The van der Waals surface area contributed by atoms with Gasteiger partial charge in [-0.25, -0.2) is 0 Å². The maximum atomic E-state index is 10.2. The maximum Gasteiger partial charge on any atom is 0.161 e. The van der Waals surface area contributed by atoms with Crippen LogP contribution in [-0.4, -0.2) is 31.5 Å². The summed E-state index contributed by atoms with van der Waals surface area (Å²) < 4.78 is 17.2. The van der Waals surface area contributed by atoms with Crippen LogP contribution in [0.3, 0.4) is 0 Å². The Bertz CT molecular complexity index is 999. The van der Waals surface area contributed by atoms with Gasteiger partial charge < -0.3 is 19.3 Å². The Morgan fingerprint density at radius 2 is 1.54 bits per heavy atom. The van der Waals surface area contributed by atoms with Crippen molar-refractivity contribution in [3.63, 3.8) is 0 Å². The highest BCUT2D eigenvalue weighted by atomic mass is 16.5. The van der Waals surface area contributed by atoms with Gasteiger partial charge in [-0.15, -0.1) is 0 Å². The van der Waals surface area contributed by atoms with E-state index in [1.165, 1.54) is 21.2 Å². The van der Waals surface area contributed by atoms with Crippen molar-refractivity contribution in [1.82, 2.24) is 0 Å². The first kappa shape index (κ1) is 18.7. The van der Waals surface area contributed by atoms with Gasteiger partial charge in [0.25, 0.3) is 0 Å². The second-order valence-corrected chi connectivity index (χ2v) is 7.11. The monoisotopic (exact) mass is 382 g/mol. The predicted octanol–water partition coefficient (Wildman–Crippen LogP) is 1.30. The standard InChI is InChI=1S/C23H27NO4/c1-4-26-21-13-18-15(10-20(21)25)7-8-24-14-17-12-23(28-6-3)22(27-5-2)11-16(17)9-19(18)24/h9-14,19,25H,4-8H2,1-3H3/p+1. The van der Waals surface area contributed by atoms with E-state index in [0.717, 1.165) is 29.7 Å². The molecule has 2 aromatic carbocycles. The van der Waals surface area contributed by atoms with Gasteiger partial charge in [0.1, 0.15) is 12.2 Å². The van der Waals surface area contributed by atoms with E-state index < -0.39 is 0 Å². The van der Waals surface area contributed by atoms with Crippen LogP contribution in [-0.2, 0) is 6.42 Å². The molecule has 0 radical (unpaired) electrons. The molecule has 0 aliphatic carbocycles. The molecule has 28 heavy (non-hydrogen) atoms. The Hall–Kier alpha value is -2.66. The van der Waals surface area contributed by atoms with Crippen LogP contribution in [0.1, 0.15) is 37.9 Å². The molecule has 0 aromatic heterocycles. The number of nitrogens with one attached hydrogen (secondary N) is 1. The lowest BCUT2D eigenvalue weighted by molar-refractivity contribution is -0.844. The second kappa shape index (κ2) is 7.76. The third-order valence-electron chi connectivity index (χ3n) is 5.37. The molecule has 2 heterocycles. The van der Waals surface area contributed by atoms with E-state index >= 15 is 0 Å². The largest absolute Gasteiger partial charge is 0.504 e. The molecule has 2 unspecified atom stereocenters. The number of phenolic OH excluding ortho intramolecular Hbond substituents is 1. The normalized spacial score (nSPS) is 19.4. The third-order valence-corrected chi connectivity index (χ3v) is 5.37.